The minimum atomic E-state index is -4.48. The second-order valence-electron chi connectivity index (χ2n) is 9.54. The summed E-state index contributed by atoms with van der Waals surface area (Å²) in [5, 5.41) is 2.96. The Labute approximate surface area is 170 Å². The maximum Gasteiger partial charge on any atom is 0.417 e. The van der Waals surface area contributed by atoms with Crippen LogP contribution in [0.1, 0.15) is 36.8 Å². The van der Waals surface area contributed by atoms with Crippen LogP contribution in [0.5, 0.6) is 0 Å². The molecule has 3 amide bonds. The van der Waals surface area contributed by atoms with Crippen molar-refractivity contribution in [2.75, 3.05) is 26.2 Å². The van der Waals surface area contributed by atoms with E-state index in [1.165, 1.54) is 0 Å². The van der Waals surface area contributed by atoms with Crippen molar-refractivity contribution in [3.8, 4) is 0 Å². The second-order valence-corrected chi connectivity index (χ2v) is 9.54. The summed E-state index contributed by atoms with van der Waals surface area (Å²) in [5.41, 5.74) is -1.33. The number of halogens is 3. The number of aromatic nitrogens is 1. The highest BCUT2D eigenvalue weighted by atomic mass is 19.4. The molecule has 0 radical (unpaired) electrons. The van der Waals surface area contributed by atoms with Gasteiger partial charge in [0.05, 0.1) is 11.1 Å². The van der Waals surface area contributed by atoms with Gasteiger partial charge in [0.25, 0.3) is 5.56 Å². The van der Waals surface area contributed by atoms with Crippen LogP contribution in [0.15, 0.2) is 17.1 Å². The number of nitrogens with one attached hydrogen (secondary N) is 2. The van der Waals surface area contributed by atoms with Crippen LogP contribution in [0.3, 0.4) is 0 Å². The number of carbonyl (C=O) groups excluding carboxylic acids is 2. The first-order valence-corrected chi connectivity index (χ1v) is 10.2. The Morgan fingerprint density at radius 1 is 1.13 bits per heavy atom. The number of hydrogen-bond donors (Lipinski definition) is 2. The lowest BCUT2D eigenvalue weighted by molar-refractivity contribution is -0.138. The maximum absolute atomic E-state index is 12.9. The molecule has 1 aliphatic carbocycles. The molecule has 30 heavy (non-hydrogen) atoms. The fourth-order valence-corrected chi connectivity index (χ4v) is 5.65. The number of nitrogens with zero attached hydrogens (tertiary/aromatic N) is 2. The van der Waals surface area contributed by atoms with Crippen LogP contribution in [0.2, 0.25) is 0 Å². The van der Waals surface area contributed by atoms with Gasteiger partial charge in [-0.2, -0.15) is 13.2 Å². The highest BCUT2D eigenvalue weighted by Gasteiger charge is 2.56. The monoisotopic (exact) mass is 424 g/mol. The summed E-state index contributed by atoms with van der Waals surface area (Å²) >= 11 is 0. The maximum atomic E-state index is 12.9. The molecular formula is C20H23F3N4O3. The molecule has 162 valence electrons. The lowest BCUT2D eigenvalue weighted by atomic mass is 9.56. The lowest BCUT2D eigenvalue weighted by Crippen LogP contribution is -2.73. The van der Waals surface area contributed by atoms with Gasteiger partial charge in [-0.05, 0) is 37.7 Å². The number of alkyl halides is 3. The number of carbonyl (C=O) groups is 2. The van der Waals surface area contributed by atoms with Crippen LogP contribution in [0, 0.1) is 11.3 Å². The van der Waals surface area contributed by atoms with E-state index in [-0.39, 0.29) is 34.4 Å². The minimum absolute atomic E-state index is 0.00910. The van der Waals surface area contributed by atoms with Crippen molar-refractivity contribution in [2.24, 2.45) is 11.3 Å². The Balaban J connectivity index is 1.11. The zero-order valence-corrected chi connectivity index (χ0v) is 16.3. The highest BCUT2D eigenvalue weighted by Crippen LogP contribution is 2.53. The summed E-state index contributed by atoms with van der Waals surface area (Å²) in [4.78, 5) is 41.6. The Kier molecular flexibility index (Phi) is 4.05. The van der Waals surface area contributed by atoms with E-state index < -0.39 is 17.3 Å². The molecule has 0 bridgehead atoms. The van der Waals surface area contributed by atoms with Crippen LogP contribution in [-0.4, -0.2) is 58.4 Å². The largest absolute Gasteiger partial charge is 0.417 e. The predicted molar refractivity (Wildman–Crippen MR) is 99.6 cm³/mol. The third-order valence-electron chi connectivity index (χ3n) is 7.08. The molecule has 1 aromatic rings. The number of rotatable bonds is 2. The lowest BCUT2D eigenvalue weighted by Gasteiger charge is -2.61. The average molecular weight is 424 g/mol. The molecule has 2 N–H and O–H groups in total. The molecule has 5 rings (SSSR count). The van der Waals surface area contributed by atoms with Crippen molar-refractivity contribution in [1.82, 2.24) is 20.1 Å². The number of pyridine rings is 1. The molecule has 2 spiro atoms. The minimum Gasteiger partial charge on any atom is -0.347 e. The highest BCUT2D eigenvalue weighted by molar-refractivity contribution is 5.82. The molecule has 4 heterocycles. The van der Waals surface area contributed by atoms with Gasteiger partial charge < -0.3 is 20.1 Å². The van der Waals surface area contributed by atoms with Crippen LogP contribution >= 0.6 is 0 Å². The topological polar surface area (TPSA) is 85.5 Å². The van der Waals surface area contributed by atoms with Crippen LogP contribution in [0.25, 0.3) is 0 Å². The van der Waals surface area contributed by atoms with E-state index in [1.54, 1.807) is 9.80 Å². The molecule has 0 atom stereocenters. The molecule has 1 saturated carbocycles. The van der Waals surface area contributed by atoms with Crippen molar-refractivity contribution >= 4 is 11.9 Å². The van der Waals surface area contributed by atoms with E-state index in [1.807, 2.05) is 0 Å². The van der Waals surface area contributed by atoms with Gasteiger partial charge >= 0.3 is 12.2 Å². The Morgan fingerprint density at radius 3 is 2.40 bits per heavy atom. The van der Waals surface area contributed by atoms with E-state index in [9.17, 15) is 27.6 Å². The van der Waals surface area contributed by atoms with Crippen molar-refractivity contribution in [3.63, 3.8) is 0 Å². The summed E-state index contributed by atoms with van der Waals surface area (Å²) in [6, 6.07) is 0.937. The predicted octanol–water partition coefficient (Wildman–Crippen LogP) is 1.73. The standard InChI is InChI=1S/C20H23F3N4O3/c21-20(22,23)14-4-13(16(29)24-7-14)3-12-5-18(6-12)8-26(9-18)17(30)27-10-19(11-27)2-1-15(28)25-19/h4,7,12H,1-3,5-6,8-11H2,(H,24,29)(H,25,28). The molecule has 3 saturated heterocycles. The summed E-state index contributed by atoms with van der Waals surface area (Å²) < 4.78 is 38.6. The van der Waals surface area contributed by atoms with Crippen molar-refractivity contribution < 1.29 is 22.8 Å². The molecule has 10 heteroatoms. The zero-order valence-electron chi connectivity index (χ0n) is 16.3. The first-order chi connectivity index (χ1) is 14.1. The number of aromatic amines is 1. The molecule has 7 nitrogen and oxygen atoms in total. The van der Waals surface area contributed by atoms with Gasteiger partial charge in [-0.1, -0.05) is 0 Å². The third kappa shape index (κ3) is 3.16. The summed E-state index contributed by atoms with van der Waals surface area (Å²) in [6.07, 6.45) is -0.533. The zero-order chi connectivity index (χ0) is 21.3. The molecule has 4 aliphatic rings. The third-order valence-corrected chi connectivity index (χ3v) is 7.08. The van der Waals surface area contributed by atoms with Gasteiger partial charge in [0.15, 0.2) is 0 Å². The van der Waals surface area contributed by atoms with Crippen LogP contribution < -0.4 is 10.9 Å². The Morgan fingerprint density at radius 2 is 1.80 bits per heavy atom. The van der Waals surface area contributed by atoms with E-state index >= 15 is 0 Å². The second kappa shape index (κ2) is 6.24. The van der Waals surface area contributed by atoms with Gasteiger partial charge in [-0.3, -0.25) is 9.59 Å². The molecular weight excluding hydrogens is 401 g/mol. The van der Waals surface area contributed by atoms with Crippen molar-refractivity contribution in [3.05, 3.63) is 33.7 Å². The number of H-pyrrole nitrogens is 1. The molecule has 4 fully saturated rings. The van der Waals surface area contributed by atoms with Gasteiger partial charge in [0.2, 0.25) is 5.91 Å². The summed E-state index contributed by atoms with van der Waals surface area (Å²) in [6.45, 7) is 2.42. The van der Waals surface area contributed by atoms with Crippen LogP contribution in [0.4, 0.5) is 18.0 Å². The summed E-state index contributed by atoms with van der Waals surface area (Å²) in [5.74, 6) is 0.206. The van der Waals surface area contributed by atoms with E-state index in [2.05, 4.69) is 10.3 Å². The Bertz CT molecular complexity index is 953. The fraction of sp³-hybridized carbons (Fsp3) is 0.650. The van der Waals surface area contributed by atoms with Gasteiger partial charge in [-0.15, -0.1) is 0 Å². The van der Waals surface area contributed by atoms with E-state index in [0.717, 1.165) is 25.3 Å². The Hall–Kier alpha value is -2.52. The fourth-order valence-electron chi connectivity index (χ4n) is 5.65. The summed E-state index contributed by atoms with van der Waals surface area (Å²) in [7, 11) is 0. The molecule has 1 aromatic heterocycles. The normalized spacial score (nSPS) is 24.4. The SMILES string of the molecule is O=C1CCC2(CN(C(=O)N3CC4(CC(Cc5cc(C(F)(F)F)c[nH]c5=O)C4)C3)C2)N1. The van der Waals surface area contributed by atoms with Gasteiger partial charge in [0, 0.05) is 49.8 Å². The number of likely N-dealkylation sites (tertiary alicyclic amines) is 2. The van der Waals surface area contributed by atoms with Crippen molar-refractivity contribution in [2.45, 2.75) is 43.8 Å². The smallest absolute Gasteiger partial charge is 0.347 e. The molecule has 3 aliphatic heterocycles. The quantitative estimate of drug-likeness (QED) is 0.758. The van der Waals surface area contributed by atoms with Crippen molar-refractivity contribution in [1.29, 1.82) is 0 Å². The number of amides is 3. The van der Waals surface area contributed by atoms with E-state index in [4.69, 9.17) is 0 Å². The first kappa shape index (κ1) is 19.4. The number of hydrogen-bond acceptors (Lipinski definition) is 3. The van der Waals surface area contributed by atoms with E-state index in [0.29, 0.717) is 45.2 Å². The molecule has 0 unspecified atom stereocenters. The molecule has 0 aromatic carbocycles. The van der Waals surface area contributed by atoms with Crippen LogP contribution in [-0.2, 0) is 17.4 Å². The average Bonchev–Trinajstić information content (AvgIpc) is 2.96. The van der Waals surface area contributed by atoms with Gasteiger partial charge in [-0.25, -0.2) is 4.79 Å². The first-order valence-electron chi connectivity index (χ1n) is 10.2. The van der Waals surface area contributed by atoms with Gasteiger partial charge in [0.1, 0.15) is 0 Å². The number of urea groups is 1.